The lowest BCUT2D eigenvalue weighted by Gasteiger charge is -2.56. The Balaban J connectivity index is 1.20. The van der Waals surface area contributed by atoms with Crippen LogP contribution in [0.3, 0.4) is 0 Å². The molecule has 1 N–H and O–H groups in total. The van der Waals surface area contributed by atoms with Gasteiger partial charge in [0.2, 0.25) is 0 Å². The molecule has 0 saturated heterocycles. The van der Waals surface area contributed by atoms with Gasteiger partial charge in [-0.15, -0.1) is 0 Å². The molecule has 0 spiro atoms. The van der Waals surface area contributed by atoms with E-state index in [1.165, 1.54) is 19.3 Å². The number of amides is 1. The normalized spacial score (nSPS) is 30.1. The molecule has 4 aliphatic carbocycles. The maximum Gasteiger partial charge on any atom is 0.306 e. The molecule has 0 unspecified atom stereocenters. The summed E-state index contributed by atoms with van der Waals surface area (Å²) in [5, 5.41) is 3.74. The van der Waals surface area contributed by atoms with Crippen LogP contribution in [0.4, 0.5) is 0 Å². The molecule has 4 fully saturated rings. The van der Waals surface area contributed by atoms with Crippen LogP contribution in [0.5, 0.6) is 0 Å². The van der Waals surface area contributed by atoms with Crippen LogP contribution in [-0.4, -0.2) is 29.8 Å². The zero-order chi connectivity index (χ0) is 19.7. The third kappa shape index (κ3) is 4.40. The van der Waals surface area contributed by atoms with Crippen molar-refractivity contribution in [1.82, 2.24) is 5.32 Å². The lowest BCUT2D eigenvalue weighted by atomic mass is 9.53. The quantitative estimate of drug-likeness (QED) is 0.553. The number of carbonyl (C=O) groups excluding carboxylic acids is 3. The summed E-state index contributed by atoms with van der Waals surface area (Å²) in [4.78, 5) is 36.4. The molecule has 1 aromatic rings. The first-order valence-corrected chi connectivity index (χ1v) is 10.5. The van der Waals surface area contributed by atoms with Gasteiger partial charge in [0.05, 0.1) is 6.42 Å². The van der Waals surface area contributed by atoms with Crippen molar-refractivity contribution in [3.05, 3.63) is 34.9 Å². The minimum absolute atomic E-state index is 0.0356. The molecule has 4 aliphatic rings. The molecule has 4 saturated carbocycles. The molecule has 0 radical (unpaired) electrons. The van der Waals surface area contributed by atoms with Gasteiger partial charge in [0.1, 0.15) is 0 Å². The second kappa shape index (κ2) is 7.86. The van der Waals surface area contributed by atoms with Crippen molar-refractivity contribution >= 4 is 29.3 Å². The third-order valence-corrected chi connectivity index (χ3v) is 6.78. The zero-order valence-corrected chi connectivity index (χ0v) is 16.7. The van der Waals surface area contributed by atoms with E-state index < -0.39 is 5.97 Å². The number of nitrogens with one attached hydrogen (secondary N) is 1. The topological polar surface area (TPSA) is 72.5 Å². The van der Waals surface area contributed by atoms with Crippen LogP contribution in [0.2, 0.25) is 5.02 Å². The molecule has 28 heavy (non-hydrogen) atoms. The second-order valence-electron chi connectivity index (χ2n) is 8.84. The van der Waals surface area contributed by atoms with E-state index in [0.717, 1.165) is 37.0 Å². The van der Waals surface area contributed by atoms with Crippen LogP contribution in [0, 0.1) is 17.8 Å². The van der Waals surface area contributed by atoms with Crippen LogP contribution in [0.25, 0.3) is 0 Å². The van der Waals surface area contributed by atoms with E-state index >= 15 is 0 Å². The van der Waals surface area contributed by atoms with Gasteiger partial charge >= 0.3 is 5.97 Å². The maximum absolute atomic E-state index is 12.4. The van der Waals surface area contributed by atoms with Crippen LogP contribution in [0.15, 0.2) is 24.3 Å². The van der Waals surface area contributed by atoms with Crippen molar-refractivity contribution in [2.24, 2.45) is 17.8 Å². The molecule has 6 heteroatoms. The molecule has 5 nitrogen and oxygen atoms in total. The number of ketones is 1. The van der Waals surface area contributed by atoms with Crippen LogP contribution in [0.1, 0.15) is 61.7 Å². The highest BCUT2D eigenvalue weighted by atomic mass is 35.5. The Kier molecular flexibility index (Phi) is 5.46. The lowest BCUT2D eigenvalue weighted by Crippen LogP contribution is -2.60. The molecular formula is C22H26ClNO4. The molecule has 4 bridgehead atoms. The van der Waals surface area contributed by atoms with Gasteiger partial charge in [-0.3, -0.25) is 14.4 Å². The molecule has 5 rings (SSSR count). The third-order valence-electron chi connectivity index (χ3n) is 6.53. The van der Waals surface area contributed by atoms with E-state index in [4.69, 9.17) is 16.3 Å². The minimum Gasteiger partial charge on any atom is -0.456 e. The Morgan fingerprint density at radius 1 is 0.964 bits per heavy atom. The number of carbonyl (C=O) groups is 3. The first kappa shape index (κ1) is 19.4. The van der Waals surface area contributed by atoms with Crippen LogP contribution >= 0.6 is 11.6 Å². The molecule has 0 aromatic heterocycles. The summed E-state index contributed by atoms with van der Waals surface area (Å²) in [7, 11) is 0. The number of hydrogen-bond acceptors (Lipinski definition) is 4. The monoisotopic (exact) mass is 403 g/mol. The van der Waals surface area contributed by atoms with Crippen molar-refractivity contribution in [2.45, 2.75) is 56.9 Å². The zero-order valence-electron chi connectivity index (χ0n) is 15.9. The Labute approximate surface area is 170 Å². The average molecular weight is 404 g/mol. The van der Waals surface area contributed by atoms with E-state index in [9.17, 15) is 14.4 Å². The highest BCUT2D eigenvalue weighted by Gasteiger charge is 2.51. The van der Waals surface area contributed by atoms with E-state index in [-0.39, 0.29) is 36.7 Å². The standard InChI is InChI=1S/C22H26ClNO4/c23-18-3-1-17(2-4-18)19(25)5-6-21(27)28-13-20(26)24-22-10-14-7-15(11-22)9-16(8-14)12-22/h1-4,14-16H,5-13H2,(H,24,26). The lowest BCUT2D eigenvalue weighted by molar-refractivity contribution is -0.150. The molecule has 1 amide bonds. The predicted molar refractivity (Wildman–Crippen MR) is 105 cm³/mol. The van der Waals surface area contributed by atoms with Gasteiger partial charge in [0.25, 0.3) is 5.91 Å². The van der Waals surface area contributed by atoms with E-state index in [2.05, 4.69) is 5.32 Å². The first-order valence-electron chi connectivity index (χ1n) is 10.2. The van der Waals surface area contributed by atoms with E-state index in [1.807, 2.05) is 0 Å². The molecule has 1 aromatic carbocycles. The maximum atomic E-state index is 12.4. The summed E-state index contributed by atoms with van der Waals surface area (Å²) in [5.41, 5.74) is 0.430. The fourth-order valence-corrected chi connectivity index (χ4v) is 5.94. The average Bonchev–Trinajstić information content (AvgIpc) is 2.63. The number of rotatable bonds is 7. The summed E-state index contributed by atoms with van der Waals surface area (Å²) < 4.78 is 5.10. The molecule has 0 atom stereocenters. The van der Waals surface area contributed by atoms with Gasteiger partial charge in [0.15, 0.2) is 12.4 Å². The largest absolute Gasteiger partial charge is 0.456 e. The summed E-state index contributed by atoms with van der Waals surface area (Å²) in [5.74, 6) is 1.34. The summed E-state index contributed by atoms with van der Waals surface area (Å²) >= 11 is 5.80. The SMILES string of the molecule is O=C(COC(=O)CCC(=O)c1ccc(Cl)cc1)NC12CC3CC(CC(C3)C1)C2. The highest BCUT2D eigenvalue weighted by Crippen LogP contribution is 2.55. The Hall–Kier alpha value is -1.88. The van der Waals surface area contributed by atoms with Gasteiger partial charge in [-0.1, -0.05) is 11.6 Å². The summed E-state index contributed by atoms with van der Waals surface area (Å²) in [6.07, 6.45) is 7.14. The number of hydrogen-bond donors (Lipinski definition) is 1. The van der Waals surface area contributed by atoms with Crippen LogP contribution in [-0.2, 0) is 14.3 Å². The van der Waals surface area contributed by atoms with Gasteiger partial charge in [-0.05, 0) is 80.5 Å². The predicted octanol–water partition coefficient (Wildman–Crippen LogP) is 3.93. The Morgan fingerprint density at radius 3 is 2.11 bits per heavy atom. The first-order chi connectivity index (χ1) is 13.4. The van der Waals surface area contributed by atoms with Crippen molar-refractivity contribution in [1.29, 1.82) is 0 Å². The summed E-state index contributed by atoms with van der Waals surface area (Å²) in [6.45, 7) is -0.268. The highest BCUT2D eigenvalue weighted by molar-refractivity contribution is 6.30. The van der Waals surface area contributed by atoms with Crippen molar-refractivity contribution in [2.75, 3.05) is 6.61 Å². The Bertz CT molecular complexity index is 738. The van der Waals surface area contributed by atoms with Gasteiger partial charge in [0, 0.05) is 22.5 Å². The molecule has 0 aliphatic heterocycles. The Morgan fingerprint density at radius 2 is 1.54 bits per heavy atom. The van der Waals surface area contributed by atoms with Crippen molar-refractivity contribution < 1.29 is 19.1 Å². The fourth-order valence-electron chi connectivity index (χ4n) is 5.81. The van der Waals surface area contributed by atoms with Gasteiger partial charge in [-0.2, -0.15) is 0 Å². The number of Topliss-reactive ketones (excluding diaryl/α,β-unsaturated/α-hetero) is 1. The number of esters is 1. The minimum atomic E-state index is -0.525. The number of halogens is 1. The second-order valence-corrected chi connectivity index (χ2v) is 9.27. The van der Waals surface area contributed by atoms with Gasteiger partial charge < -0.3 is 10.1 Å². The molecule has 150 valence electrons. The van der Waals surface area contributed by atoms with Gasteiger partial charge in [-0.25, -0.2) is 0 Å². The molecular weight excluding hydrogens is 378 g/mol. The number of benzene rings is 1. The smallest absolute Gasteiger partial charge is 0.306 e. The van der Waals surface area contributed by atoms with Crippen LogP contribution < -0.4 is 5.32 Å². The molecule has 0 heterocycles. The summed E-state index contributed by atoms with van der Waals surface area (Å²) in [6, 6.07) is 6.55. The van der Waals surface area contributed by atoms with E-state index in [0.29, 0.717) is 10.6 Å². The fraction of sp³-hybridized carbons (Fsp3) is 0.591. The van der Waals surface area contributed by atoms with E-state index in [1.54, 1.807) is 24.3 Å². The number of ether oxygens (including phenoxy) is 1. The van der Waals surface area contributed by atoms with Crippen molar-refractivity contribution in [3.8, 4) is 0 Å². The van der Waals surface area contributed by atoms with Crippen molar-refractivity contribution in [3.63, 3.8) is 0 Å².